The molecular weight excluding hydrogens is 422 g/mol. The summed E-state index contributed by atoms with van der Waals surface area (Å²) < 4.78 is 11.1. The van der Waals surface area contributed by atoms with Crippen molar-refractivity contribution in [2.75, 3.05) is 19.7 Å². The zero-order valence-electron chi connectivity index (χ0n) is 18.9. The molecule has 1 atom stereocenters. The molecule has 0 radical (unpaired) electrons. The predicted octanol–water partition coefficient (Wildman–Crippen LogP) is 2.48. The monoisotopic (exact) mass is 449 g/mol. The van der Waals surface area contributed by atoms with Gasteiger partial charge < -0.3 is 19.5 Å². The first-order valence-corrected chi connectivity index (χ1v) is 10.9. The molecule has 0 saturated carbocycles. The zero-order chi connectivity index (χ0) is 23.5. The summed E-state index contributed by atoms with van der Waals surface area (Å²) in [6, 6.07) is 7.77. The van der Waals surface area contributed by atoms with Crippen molar-refractivity contribution in [3.8, 4) is 34.8 Å². The SMILES string of the molecule is Cc1c(-c2noc(-c3cnc(OC(C)C)c(C#N)c3)n2)ccc2c1CCN(CC(O)CO)C2. The van der Waals surface area contributed by atoms with Gasteiger partial charge in [-0.25, -0.2) is 4.98 Å². The maximum atomic E-state index is 9.74. The number of aromatic nitrogens is 3. The van der Waals surface area contributed by atoms with E-state index in [9.17, 15) is 10.4 Å². The number of rotatable bonds is 7. The van der Waals surface area contributed by atoms with Crippen molar-refractivity contribution in [2.24, 2.45) is 0 Å². The van der Waals surface area contributed by atoms with Gasteiger partial charge in [-0.1, -0.05) is 17.3 Å². The summed E-state index contributed by atoms with van der Waals surface area (Å²) in [6.07, 6.45) is 1.58. The van der Waals surface area contributed by atoms with E-state index in [1.54, 1.807) is 12.3 Å². The molecule has 1 unspecified atom stereocenters. The second-order valence-corrected chi connectivity index (χ2v) is 8.48. The first-order chi connectivity index (χ1) is 15.9. The van der Waals surface area contributed by atoms with E-state index in [1.807, 2.05) is 19.9 Å². The molecule has 0 spiro atoms. The van der Waals surface area contributed by atoms with E-state index in [-0.39, 0.29) is 24.5 Å². The van der Waals surface area contributed by atoms with Crippen LogP contribution in [0.2, 0.25) is 0 Å². The summed E-state index contributed by atoms with van der Waals surface area (Å²) in [4.78, 5) is 10.9. The number of nitrogens with zero attached hydrogens (tertiary/aromatic N) is 5. The summed E-state index contributed by atoms with van der Waals surface area (Å²) in [5.74, 6) is 1.04. The van der Waals surface area contributed by atoms with Crippen molar-refractivity contribution < 1.29 is 19.5 Å². The van der Waals surface area contributed by atoms with Gasteiger partial charge in [-0.2, -0.15) is 10.2 Å². The normalized spacial score (nSPS) is 14.7. The third-order valence-electron chi connectivity index (χ3n) is 5.68. The topological polar surface area (TPSA) is 129 Å². The zero-order valence-corrected chi connectivity index (χ0v) is 18.9. The number of aliphatic hydroxyl groups excluding tert-OH is 2. The molecule has 9 nitrogen and oxygen atoms in total. The van der Waals surface area contributed by atoms with Gasteiger partial charge in [0.15, 0.2) is 0 Å². The Bertz CT molecular complexity index is 1180. The van der Waals surface area contributed by atoms with E-state index >= 15 is 0 Å². The van der Waals surface area contributed by atoms with Gasteiger partial charge in [0, 0.05) is 31.4 Å². The highest BCUT2D eigenvalue weighted by Crippen LogP contribution is 2.31. The van der Waals surface area contributed by atoms with Gasteiger partial charge in [-0.3, -0.25) is 4.90 Å². The van der Waals surface area contributed by atoms with Crippen LogP contribution in [0.25, 0.3) is 22.8 Å². The highest BCUT2D eigenvalue weighted by atomic mass is 16.5. The largest absolute Gasteiger partial charge is 0.474 e. The lowest BCUT2D eigenvalue weighted by atomic mass is 9.91. The van der Waals surface area contributed by atoms with Crippen molar-refractivity contribution in [1.82, 2.24) is 20.0 Å². The van der Waals surface area contributed by atoms with Crippen molar-refractivity contribution in [3.63, 3.8) is 0 Å². The molecule has 0 bridgehead atoms. The summed E-state index contributed by atoms with van der Waals surface area (Å²) in [5.41, 5.74) is 5.29. The molecule has 1 aliphatic heterocycles. The number of β-amino-alcohol motifs (C(OH)–C–C–N with tert-alkyl or cyclic N) is 1. The minimum absolute atomic E-state index is 0.0933. The minimum Gasteiger partial charge on any atom is -0.474 e. The highest BCUT2D eigenvalue weighted by Gasteiger charge is 2.23. The lowest BCUT2D eigenvalue weighted by Crippen LogP contribution is -2.38. The van der Waals surface area contributed by atoms with E-state index in [4.69, 9.17) is 14.4 Å². The second kappa shape index (κ2) is 9.67. The van der Waals surface area contributed by atoms with Gasteiger partial charge in [-0.15, -0.1) is 0 Å². The number of aliphatic hydroxyl groups is 2. The Morgan fingerprint density at radius 3 is 2.88 bits per heavy atom. The van der Waals surface area contributed by atoms with Crippen LogP contribution in [-0.2, 0) is 13.0 Å². The molecule has 2 aromatic heterocycles. The number of pyridine rings is 1. The average Bonchev–Trinajstić information content (AvgIpc) is 3.29. The van der Waals surface area contributed by atoms with Crippen LogP contribution in [-0.4, -0.2) is 62.1 Å². The smallest absolute Gasteiger partial charge is 0.259 e. The van der Waals surface area contributed by atoms with Crippen molar-refractivity contribution >= 4 is 0 Å². The van der Waals surface area contributed by atoms with Crippen molar-refractivity contribution in [3.05, 3.63) is 46.6 Å². The number of benzene rings is 1. The van der Waals surface area contributed by atoms with E-state index in [0.29, 0.717) is 23.5 Å². The molecule has 1 aromatic carbocycles. The molecule has 4 rings (SSSR count). The lowest BCUT2D eigenvalue weighted by molar-refractivity contribution is 0.0551. The van der Waals surface area contributed by atoms with Crippen LogP contribution >= 0.6 is 0 Å². The molecular formula is C24H27N5O4. The fourth-order valence-electron chi connectivity index (χ4n) is 4.07. The molecule has 0 aliphatic carbocycles. The molecule has 2 N–H and O–H groups in total. The summed E-state index contributed by atoms with van der Waals surface area (Å²) in [6.45, 7) is 7.54. The van der Waals surface area contributed by atoms with Crippen LogP contribution in [0.15, 0.2) is 28.9 Å². The third-order valence-corrected chi connectivity index (χ3v) is 5.68. The minimum atomic E-state index is -0.730. The first kappa shape index (κ1) is 22.9. The van der Waals surface area contributed by atoms with Gasteiger partial charge in [-0.05, 0) is 49.9 Å². The summed E-state index contributed by atoms with van der Waals surface area (Å²) >= 11 is 0. The molecule has 0 fully saturated rings. The molecule has 33 heavy (non-hydrogen) atoms. The number of nitriles is 1. The molecule has 172 valence electrons. The van der Waals surface area contributed by atoms with E-state index < -0.39 is 6.10 Å². The fourth-order valence-corrected chi connectivity index (χ4v) is 4.07. The van der Waals surface area contributed by atoms with Crippen LogP contribution in [0.3, 0.4) is 0 Å². The van der Waals surface area contributed by atoms with Gasteiger partial charge in [0.1, 0.15) is 11.6 Å². The van der Waals surface area contributed by atoms with E-state index in [2.05, 4.69) is 39.1 Å². The first-order valence-electron chi connectivity index (χ1n) is 10.9. The van der Waals surface area contributed by atoms with Gasteiger partial charge in [0.2, 0.25) is 11.7 Å². The molecule has 0 amide bonds. The van der Waals surface area contributed by atoms with E-state index in [0.717, 1.165) is 30.6 Å². The lowest BCUT2D eigenvalue weighted by Gasteiger charge is -2.31. The molecule has 3 aromatic rings. The number of fused-ring (bicyclic) bond motifs is 1. The average molecular weight is 450 g/mol. The van der Waals surface area contributed by atoms with Gasteiger partial charge in [0.05, 0.1) is 24.4 Å². The van der Waals surface area contributed by atoms with Crippen molar-refractivity contribution in [1.29, 1.82) is 5.26 Å². The van der Waals surface area contributed by atoms with Crippen LogP contribution in [0.1, 0.15) is 36.1 Å². The number of ether oxygens (including phenoxy) is 1. The van der Waals surface area contributed by atoms with Gasteiger partial charge >= 0.3 is 0 Å². The van der Waals surface area contributed by atoms with Gasteiger partial charge in [0.25, 0.3) is 5.89 Å². The van der Waals surface area contributed by atoms with Crippen LogP contribution in [0, 0.1) is 18.3 Å². The van der Waals surface area contributed by atoms with E-state index in [1.165, 1.54) is 11.1 Å². The molecule has 1 aliphatic rings. The Morgan fingerprint density at radius 2 is 2.15 bits per heavy atom. The van der Waals surface area contributed by atoms with Crippen LogP contribution in [0.4, 0.5) is 0 Å². The predicted molar refractivity (Wildman–Crippen MR) is 120 cm³/mol. The second-order valence-electron chi connectivity index (χ2n) is 8.48. The Hall–Kier alpha value is -3.32. The summed E-state index contributed by atoms with van der Waals surface area (Å²) in [5, 5.41) is 32.5. The molecule has 0 saturated heterocycles. The fraction of sp³-hybridized carbons (Fsp3) is 0.417. The number of hydrogen-bond acceptors (Lipinski definition) is 9. The number of hydrogen-bond donors (Lipinski definition) is 2. The van der Waals surface area contributed by atoms with Crippen LogP contribution < -0.4 is 4.74 Å². The molecule has 9 heteroatoms. The maximum Gasteiger partial charge on any atom is 0.259 e. The quantitative estimate of drug-likeness (QED) is 0.559. The third kappa shape index (κ3) is 4.88. The summed E-state index contributed by atoms with van der Waals surface area (Å²) in [7, 11) is 0. The maximum absolute atomic E-state index is 9.74. The Kier molecular flexibility index (Phi) is 6.70. The Balaban J connectivity index is 1.58. The Labute approximate surface area is 192 Å². The van der Waals surface area contributed by atoms with Crippen LogP contribution in [0.5, 0.6) is 5.88 Å². The molecule has 3 heterocycles. The Morgan fingerprint density at radius 1 is 1.33 bits per heavy atom. The highest BCUT2D eigenvalue weighted by molar-refractivity contribution is 5.66. The standard InChI is InChI=1S/C24H27N5O4/c1-14(2)32-23-17(9-25)8-18(10-26-23)24-27-22(28-33-24)21-5-4-16-11-29(12-19(31)13-30)7-6-20(16)15(21)3/h4-5,8,10,14,19,30-31H,6-7,11-13H2,1-3H3. The van der Waals surface area contributed by atoms with Crippen molar-refractivity contribution in [2.45, 2.75) is 45.9 Å².